The number of hydrogen-bond acceptors (Lipinski definition) is 4. The first kappa shape index (κ1) is 16.4. The van der Waals surface area contributed by atoms with Crippen LogP contribution >= 0.6 is 11.6 Å². The van der Waals surface area contributed by atoms with Crippen molar-refractivity contribution in [1.29, 1.82) is 0 Å². The first-order valence-corrected chi connectivity index (χ1v) is 8.15. The number of rotatable bonds is 5. The van der Waals surface area contributed by atoms with Crippen LogP contribution in [0.4, 0.5) is 5.69 Å². The van der Waals surface area contributed by atoms with Gasteiger partial charge < -0.3 is 0 Å². The van der Waals surface area contributed by atoms with Gasteiger partial charge in [0.25, 0.3) is 5.69 Å². The van der Waals surface area contributed by atoms with Crippen molar-refractivity contribution in [3.05, 3.63) is 68.7 Å². The molecular weight excluding hydrogens is 328 g/mol. The van der Waals surface area contributed by atoms with E-state index in [4.69, 9.17) is 11.6 Å². The summed E-state index contributed by atoms with van der Waals surface area (Å²) in [5.74, 6) is 0. The van der Waals surface area contributed by atoms with Crippen LogP contribution in [0.5, 0.6) is 0 Å². The van der Waals surface area contributed by atoms with E-state index in [9.17, 15) is 18.5 Å². The maximum atomic E-state index is 12.2. The number of halogens is 1. The molecule has 0 spiro atoms. The molecule has 1 N–H and O–H groups in total. The lowest BCUT2D eigenvalue weighted by Crippen LogP contribution is -2.24. The summed E-state index contributed by atoms with van der Waals surface area (Å²) in [6, 6.07) is 10.4. The third kappa shape index (κ3) is 3.62. The Morgan fingerprint density at radius 1 is 1.23 bits per heavy atom. The highest BCUT2D eigenvalue weighted by molar-refractivity contribution is 7.89. The fraction of sp³-hybridized carbons (Fsp3) is 0.143. The number of sulfonamides is 1. The number of aryl methyl sites for hydroxylation is 1. The summed E-state index contributed by atoms with van der Waals surface area (Å²) in [6.07, 6.45) is 0. The topological polar surface area (TPSA) is 89.3 Å². The van der Waals surface area contributed by atoms with Gasteiger partial charge in [-0.05, 0) is 30.2 Å². The number of nitrogens with one attached hydrogen (secondary N) is 1. The summed E-state index contributed by atoms with van der Waals surface area (Å²) < 4.78 is 26.8. The van der Waals surface area contributed by atoms with Crippen molar-refractivity contribution >= 4 is 27.3 Å². The van der Waals surface area contributed by atoms with Gasteiger partial charge in [-0.15, -0.1) is 0 Å². The predicted molar refractivity (Wildman–Crippen MR) is 83.3 cm³/mol. The molecule has 0 saturated carbocycles. The molecule has 0 unspecified atom stereocenters. The minimum Gasteiger partial charge on any atom is -0.258 e. The van der Waals surface area contributed by atoms with Crippen LogP contribution in [0, 0.1) is 17.0 Å². The van der Waals surface area contributed by atoms with Crippen LogP contribution in [0.1, 0.15) is 11.1 Å². The van der Waals surface area contributed by atoms with Crippen molar-refractivity contribution in [1.82, 2.24) is 4.72 Å². The number of nitro groups is 1. The van der Waals surface area contributed by atoms with E-state index in [0.29, 0.717) is 10.6 Å². The lowest BCUT2D eigenvalue weighted by molar-refractivity contribution is -0.387. The van der Waals surface area contributed by atoms with Gasteiger partial charge in [-0.25, -0.2) is 13.1 Å². The molecule has 0 aromatic heterocycles. The number of benzene rings is 2. The van der Waals surface area contributed by atoms with Crippen molar-refractivity contribution in [2.75, 3.05) is 0 Å². The lowest BCUT2D eigenvalue weighted by atomic mass is 10.1. The quantitative estimate of drug-likeness (QED) is 0.669. The second-order valence-corrected chi connectivity index (χ2v) is 6.78. The first-order chi connectivity index (χ1) is 10.3. The highest BCUT2D eigenvalue weighted by Gasteiger charge is 2.24. The van der Waals surface area contributed by atoms with Crippen molar-refractivity contribution in [2.45, 2.75) is 18.4 Å². The SMILES string of the molecule is Cc1ccc(CNS(=O)(=O)c2ccccc2[N+](=O)[O-])cc1Cl. The minimum absolute atomic E-state index is 0.00557. The maximum Gasteiger partial charge on any atom is 0.289 e. The summed E-state index contributed by atoms with van der Waals surface area (Å²) in [7, 11) is -3.99. The molecule has 0 atom stereocenters. The fourth-order valence-electron chi connectivity index (χ4n) is 1.84. The molecule has 0 aliphatic heterocycles. The van der Waals surface area contributed by atoms with Crippen LogP contribution in [-0.4, -0.2) is 13.3 Å². The number of nitro benzene ring substituents is 1. The van der Waals surface area contributed by atoms with Crippen molar-refractivity contribution < 1.29 is 13.3 Å². The zero-order valence-electron chi connectivity index (χ0n) is 11.6. The molecule has 6 nitrogen and oxygen atoms in total. The van der Waals surface area contributed by atoms with E-state index in [1.54, 1.807) is 18.2 Å². The summed E-state index contributed by atoms with van der Waals surface area (Å²) in [5, 5.41) is 11.5. The summed E-state index contributed by atoms with van der Waals surface area (Å²) in [5.41, 5.74) is 1.08. The Balaban J connectivity index is 2.25. The van der Waals surface area contributed by atoms with Gasteiger partial charge in [0.15, 0.2) is 4.90 Å². The van der Waals surface area contributed by atoms with Crippen LogP contribution < -0.4 is 4.72 Å². The van der Waals surface area contributed by atoms with Crippen LogP contribution in [0.25, 0.3) is 0 Å². The molecule has 116 valence electrons. The van der Waals surface area contributed by atoms with E-state index in [1.165, 1.54) is 18.2 Å². The normalized spacial score (nSPS) is 11.4. The Morgan fingerprint density at radius 3 is 2.55 bits per heavy atom. The van der Waals surface area contributed by atoms with Gasteiger partial charge >= 0.3 is 0 Å². The van der Waals surface area contributed by atoms with E-state index >= 15 is 0 Å². The predicted octanol–water partition coefficient (Wildman–Crippen LogP) is 3.04. The standard InChI is InChI=1S/C14H13ClN2O4S/c1-10-6-7-11(8-12(10)15)9-16-22(20,21)14-5-3-2-4-13(14)17(18)19/h2-8,16H,9H2,1H3. The van der Waals surface area contributed by atoms with Crippen LogP contribution in [0.2, 0.25) is 5.02 Å². The van der Waals surface area contributed by atoms with Gasteiger partial charge in [0.1, 0.15) is 0 Å². The Hall–Kier alpha value is -1.96. The Labute approximate surface area is 132 Å². The van der Waals surface area contributed by atoms with Crippen molar-refractivity contribution in [2.24, 2.45) is 0 Å². The highest BCUT2D eigenvalue weighted by atomic mass is 35.5. The molecule has 2 rings (SSSR count). The van der Waals surface area contributed by atoms with E-state index in [-0.39, 0.29) is 11.4 Å². The largest absolute Gasteiger partial charge is 0.289 e. The zero-order valence-corrected chi connectivity index (χ0v) is 13.2. The van der Waals surface area contributed by atoms with Gasteiger partial charge in [0.2, 0.25) is 10.0 Å². The van der Waals surface area contributed by atoms with E-state index in [1.807, 2.05) is 6.92 Å². The molecule has 2 aromatic carbocycles. The van der Waals surface area contributed by atoms with Crippen LogP contribution in [0.3, 0.4) is 0 Å². The van der Waals surface area contributed by atoms with Gasteiger partial charge in [0.05, 0.1) is 4.92 Å². The third-order valence-corrected chi connectivity index (χ3v) is 4.91. The molecule has 0 aliphatic carbocycles. The van der Waals surface area contributed by atoms with E-state index < -0.39 is 20.6 Å². The molecule has 8 heteroatoms. The Bertz CT molecular complexity index is 821. The fourth-order valence-corrected chi connectivity index (χ4v) is 3.23. The molecular formula is C14H13ClN2O4S. The third-order valence-electron chi connectivity index (χ3n) is 3.05. The summed E-state index contributed by atoms with van der Waals surface area (Å²) >= 11 is 5.98. The van der Waals surface area contributed by atoms with E-state index in [0.717, 1.165) is 11.6 Å². The van der Waals surface area contributed by atoms with Crippen LogP contribution in [-0.2, 0) is 16.6 Å². The smallest absolute Gasteiger partial charge is 0.258 e. The monoisotopic (exact) mass is 340 g/mol. The number of para-hydroxylation sites is 1. The van der Waals surface area contributed by atoms with Gasteiger partial charge in [-0.3, -0.25) is 10.1 Å². The molecule has 0 saturated heterocycles. The van der Waals surface area contributed by atoms with Gasteiger partial charge in [-0.2, -0.15) is 0 Å². The molecule has 0 heterocycles. The maximum absolute atomic E-state index is 12.2. The molecule has 22 heavy (non-hydrogen) atoms. The van der Waals surface area contributed by atoms with Crippen molar-refractivity contribution in [3.8, 4) is 0 Å². The first-order valence-electron chi connectivity index (χ1n) is 6.29. The number of nitrogens with zero attached hydrogens (tertiary/aromatic N) is 1. The Kier molecular flexibility index (Phi) is 4.80. The summed E-state index contributed by atoms with van der Waals surface area (Å²) in [4.78, 5) is 9.83. The molecule has 0 amide bonds. The van der Waals surface area contributed by atoms with Crippen LogP contribution in [0.15, 0.2) is 47.4 Å². The molecule has 0 radical (unpaired) electrons. The molecule has 0 fully saturated rings. The molecule has 0 bridgehead atoms. The average molecular weight is 341 g/mol. The summed E-state index contributed by atoms with van der Waals surface area (Å²) in [6.45, 7) is 1.83. The van der Waals surface area contributed by atoms with Crippen molar-refractivity contribution in [3.63, 3.8) is 0 Å². The minimum atomic E-state index is -3.99. The molecule has 2 aromatic rings. The zero-order chi connectivity index (χ0) is 16.3. The molecule has 0 aliphatic rings. The van der Waals surface area contributed by atoms with E-state index in [2.05, 4.69) is 4.72 Å². The lowest BCUT2D eigenvalue weighted by Gasteiger charge is -2.08. The second kappa shape index (κ2) is 6.43. The van der Waals surface area contributed by atoms with Gasteiger partial charge in [0, 0.05) is 17.6 Å². The second-order valence-electron chi connectivity index (χ2n) is 4.63. The van der Waals surface area contributed by atoms with Gasteiger partial charge in [-0.1, -0.05) is 35.9 Å². The Morgan fingerprint density at radius 2 is 1.91 bits per heavy atom. The average Bonchev–Trinajstić information content (AvgIpc) is 2.48. The highest BCUT2D eigenvalue weighted by Crippen LogP contribution is 2.23. The number of hydrogen-bond donors (Lipinski definition) is 1.